The zero-order valence-electron chi connectivity index (χ0n) is 10.5. The Bertz CT molecular complexity index is 311. The van der Waals surface area contributed by atoms with E-state index in [2.05, 4.69) is 26.1 Å². The molecule has 0 aliphatic rings. The average molecular weight is 223 g/mol. The molecule has 2 unspecified atom stereocenters. The van der Waals surface area contributed by atoms with Gasteiger partial charge < -0.3 is 5.32 Å². The summed E-state index contributed by atoms with van der Waals surface area (Å²) < 4.78 is 13.7. The number of hydrogen-bond donors (Lipinski definition) is 1. The van der Waals surface area contributed by atoms with Crippen LogP contribution in [0.4, 0.5) is 4.39 Å². The standard InChI is InChI=1S/C14H22FN/c1-4-11(3)13(10-16-5-2)12-8-6-7-9-14(12)15/h6-9,11,13,16H,4-5,10H2,1-3H3. The lowest BCUT2D eigenvalue weighted by Crippen LogP contribution is -2.26. The van der Waals surface area contributed by atoms with Gasteiger partial charge in [-0.1, -0.05) is 45.4 Å². The zero-order chi connectivity index (χ0) is 12.0. The maximum atomic E-state index is 13.7. The van der Waals surface area contributed by atoms with Crippen molar-refractivity contribution in [3.8, 4) is 0 Å². The molecule has 1 nitrogen and oxygen atoms in total. The lowest BCUT2D eigenvalue weighted by Gasteiger charge is -2.24. The summed E-state index contributed by atoms with van der Waals surface area (Å²) in [6.45, 7) is 8.21. The second-order valence-electron chi connectivity index (χ2n) is 4.32. The van der Waals surface area contributed by atoms with E-state index in [0.29, 0.717) is 5.92 Å². The molecule has 0 saturated carbocycles. The normalized spacial score (nSPS) is 14.8. The molecule has 1 rings (SSSR count). The van der Waals surface area contributed by atoms with E-state index in [0.717, 1.165) is 25.1 Å². The van der Waals surface area contributed by atoms with Gasteiger partial charge in [0.1, 0.15) is 5.82 Å². The first kappa shape index (κ1) is 13.2. The molecule has 0 heterocycles. The summed E-state index contributed by atoms with van der Waals surface area (Å²) in [7, 11) is 0. The van der Waals surface area contributed by atoms with Gasteiger partial charge in [0.2, 0.25) is 0 Å². The van der Waals surface area contributed by atoms with Crippen molar-refractivity contribution >= 4 is 0 Å². The van der Waals surface area contributed by atoms with E-state index in [-0.39, 0.29) is 11.7 Å². The first-order valence-corrected chi connectivity index (χ1v) is 6.15. The molecule has 0 aliphatic heterocycles. The van der Waals surface area contributed by atoms with Crippen molar-refractivity contribution in [3.63, 3.8) is 0 Å². The first-order chi connectivity index (χ1) is 7.70. The first-order valence-electron chi connectivity index (χ1n) is 6.15. The summed E-state index contributed by atoms with van der Waals surface area (Å²) in [4.78, 5) is 0. The maximum absolute atomic E-state index is 13.7. The van der Waals surface area contributed by atoms with Crippen LogP contribution < -0.4 is 5.32 Å². The summed E-state index contributed by atoms with van der Waals surface area (Å²) in [6.07, 6.45) is 1.07. The average Bonchev–Trinajstić information content (AvgIpc) is 2.31. The Morgan fingerprint density at radius 1 is 1.25 bits per heavy atom. The van der Waals surface area contributed by atoms with Crippen LogP contribution in [-0.2, 0) is 0 Å². The van der Waals surface area contributed by atoms with Gasteiger partial charge in [-0.25, -0.2) is 4.39 Å². The number of nitrogens with one attached hydrogen (secondary N) is 1. The van der Waals surface area contributed by atoms with E-state index < -0.39 is 0 Å². The molecule has 2 atom stereocenters. The molecule has 0 amide bonds. The van der Waals surface area contributed by atoms with Gasteiger partial charge in [-0.3, -0.25) is 0 Å². The fourth-order valence-corrected chi connectivity index (χ4v) is 1.98. The molecule has 2 heteroatoms. The van der Waals surface area contributed by atoms with Crippen LogP contribution in [0, 0.1) is 11.7 Å². The number of hydrogen-bond acceptors (Lipinski definition) is 1. The lowest BCUT2D eigenvalue weighted by atomic mass is 9.85. The lowest BCUT2D eigenvalue weighted by molar-refractivity contribution is 0.411. The van der Waals surface area contributed by atoms with Crippen LogP contribution in [0.25, 0.3) is 0 Å². The van der Waals surface area contributed by atoms with E-state index >= 15 is 0 Å². The fourth-order valence-electron chi connectivity index (χ4n) is 1.98. The van der Waals surface area contributed by atoms with E-state index in [4.69, 9.17) is 0 Å². The summed E-state index contributed by atoms with van der Waals surface area (Å²) >= 11 is 0. The smallest absolute Gasteiger partial charge is 0.126 e. The molecule has 1 aromatic rings. The Kier molecular flexibility index (Phi) is 5.47. The zero-order valence-corrected chi connectivity index (χ0v) is 10.5. The van der Waals surface area contributed by atoms with Crippen LogP contribution in [-0.4, -0.2) is 13.1 Å². The van der Waals surface area contributed by atoms with Crippen LogP contribution in [0.3, 0.4) is 0 Å². The summed E-state index contributed by atoms with van der Waals surface area (Å²) in [5.74, 6) is 0.688. The molecule has 90 valence electrons. The molecule has 0 saturated heterocycles. The predicted octanol–water partition coefficient (Wildman–Crippen LogP) is 3.56. The minimum atomic E-state index is -0.0781. The monoisotopic (exact) mass is 223 g/mol. The SMILES string of the molecule is CCNCC(c1ccccc1F)C(C)CC. The Balaban J connectivity index is 2.87. The Labute approximate surface area is 98.1 Å². The van der Waals surface area contributed by atoms with Crippen molar-refractivity contribution < 1.29 is 4.39 Å². The van der Waals surface area contributed by atoms with Crippen molar-refractivity contribution in [2.24, 2.45) is 5.92 Å². The number of benzene rings is 1. The van der Waals surface area contributed by atoms with Crippen molar-refractivity contribution in [1.82, 2.24) is 5.32 Å². The van der Waals surface area contributed by atoms with Gasteiger partial charge in [0.25, 0.3) is 0 Å². The maximum Gasteiger partial charge on any atom is 0.126 e. The van der Waals surface area contributed by atoms with Crippen LogP contribution in [0.2, 0.25) is 0 Å². The highest BCUT2D eigenvalue weighted by molar-refractivity contribution is 5.22. The van der Waals surface area contributed by atoms with Gasteiger partial charge in [0.15, 0.2) is 0 Å². The highest BCUT2D eigenvalue weighted by Crippen LogP contribution is 2.28. The largest absolute Gasteiger partial charge is 0.316 e. The van der Waals surface area contributed by atoms with Crippen LogP contribution in [0.5, 0.6) is 0 Å². The molecular weight excluding hydrogens is 201 g/mol. The highest BCUT2D eigenvalue weighted by Gasteiger charge is 2.20. The van der Waals surface area contributed by atoms with Gasteiger partial charge >= 0.3 is 0 Å². The number of halogens is 1. The molecule has 0 aliphatic carbocycles. The van der Waals surface area contributed by atoms with Crippen molar-refractivity contribution in [2.75, 3.05) is 13.1 Å². The minimum Gasteiger partial charge on any atom is -0.316 e. The molecule has 0 bridgehead atoms. The van der Waals surface area contributed by atoms with Gasteiger partial charge in [-0.2, -0.15) is 0 Å². The van der Waals surface area contributed by atoms with Gasteiger partial charge in [-0.15, -0.1) is 0 Å². The quantitative estimate of drug-likeness (QED) is 0.777. The van der Waals surface area contributed by atoms with Gasteiger partial charge in [-0.05, 0) is 24.1 Å². The van der Waals surface area contributed by atoms with Gasteiger partial charge in [0, 0.05) is 12.5 Å². The van der Waals surface area contributed by atoms with Crippen molar-refractivity contribution in [3.05, 3.63) is 35.6 Å². The van der Waals surface area contributed by atoms with Crippen LogP contribution >= 0.6 is 0 Å². The molecule has 1 aromatic carbocycles. The molecule has 0 radical (unpaired) electrons. The van der Waals surface area contributed by atoms with E-state index in [1.807, 2.05) is 12.1 Å². The number of rotatable bonds is 6. The van der Waals surface area contributed by atoms with Crippen LogP contribution in [0.1, 0.15) is 38.7 Å². The molecule has 0 spiro atoms. The van der Waals surface area contributed by atoms with Crippen molar-refractivity contribution in [1.29, 1.82) is 0 Å². The summed E-state index contributed by atoms with van der Waals surface area (Å²) in [5.41, 5.74) is 0.845. The van der Waals surface area contributed by atoms with Gasteiger partial charge in [0.05, 0.1) is 0 Å². The van der Waals surface area contributed by atoms with E-state index in [1.54, 1.807) is 12.1 Å². The molecule has 0 fully saturated rings. The third-order valence-corrected chi connectivity index (χ3v) is 3.25. The molecular formula is C14H22FN. The second-order valence-corrected chi connectivity index (χ2v) is 4.32. The Morgan fingerprint density at radius 2 is 1.94 bits per heavy atom. The predicted molar refractivity (Wildman–Crippen MR) is 67.1 cm³/mol. The highest BCUT2D eigenvalue weighted by atomic mass is 19.1. The van der Waals surface area contributed by atoms with Crippen molar-refractivity contribution in [2.45, 2.75) is 33.1 Å². The molecule has 1 N–H and O–H groups in total. The Hall–Kier alpha value is -0.890. The third-order valence-electron chi connectivity index (χ3n) is 3.25. The second kappa shape index (κ2) is 6.64. The van der Waals surface area contributed by atoms with Crippen LogP contribution in [0.15, 0.2) is 24.3 Å². The molecule has 16 heavy (non-hydrogen) atoms. The third kappa shape index (κ3) is 3.31. The summed E-state index contributed by atoms with van der Waals surface area (Å²) in [5, 5.41) is 3.32. The minimum absolute atomic E-state index is 0.0781. The topological polar surface area (TPSA) is 12.0 Å². The fraction of sp³-hybridized carbons (Fsp3) is 0.571. The summed E-state index contributed by atoms with van der Waals surface area (Å²) in [6, 6.07) is 7.12. The molecule has 0 aromatic heterocycles. The number of likely N-dealkylation sites (N-methyl/N-ethyl adjacent to an activating group) is 1. The Morgan fingerprint density at radius 3 is 2.50 bits per heavy atom. The van der Waals surface area contributed by atoms with E-state index in [9.17, 15) is 4.39 Å². The van der Waals surface area contributed by atoms with E-state index in [1.165, 1.54) is 0 Å².